The summed E-state index contributed by atoms with van der Waals surface area (Å²) in [5.41, 5.74) is 1.07. The molecule has 1 heterocycles. The molecule has 5 nitrogen and oxygen atoms in total. The van der Waals surface area contributed by atoms with Gasteiger partial charge in [-0.1, -0.05) is 44.5 Å². The van der Waals surface area contributed by atoms with Crippen molar-refractivity contribution in [2.75, 3.05) is 11.9 Å². The zero-order valence-corrected chi connectivity index (χ0v) is 15.5. The number of hydrogen-bond donors (Lipinski definition) is 1. The van der Waals surface area contributed by atoms with Gasteiger partial charge in [0.25, 0.3) is 0 Å². The van der Waals surface area contributed by atoms with E-state index in [-0.39, 0.29) is 12.0 Å². The zero-order valence-electron chi connectivity index (χ0n) is 14.7. The third-order valence-electron chi connectivity index (χ3n) is 3.58. The van der Waals surface area contributed by atoms with Crippen LogP contribution in [0.25, 0.3) is 0 Å². The molecule has 2 rings (SSSR count). The third kappa shape index (κ3) is 5.73. The van der Waals surface area contributed by atoms with Gasteiger partial charge in [0, 0.05) is 10.9 Å². The fourth-order valence-electron chi connectivity index (χ4n) is 2.22. The Morgan fingerprint density at radius 2 is 2.00 bits per heavy atom. The highest BCUT2D eigenvalue weighted by Gasteiger charge is 2.12. The lowest BCUT2D eigenvalue weighted by atomic mass is 10.2. The average molecular weight is 349 g/mol. The van der Waals surface area contributed by atoms with Crippen LogP contribution >= 0.6 is 11.6 Å². The molecule has 6 heteroatoms. The smallest absolute Gasteiger partial charge is 0.226 e. The number of rotatable bonds is 8. The Kier molecular flexibility index (Phi) is 6.94. The molecule has 1 unspecified atom stereocenters. The molecule has 1 N–H and O–H groups in total. The second-order valence-electron chi connectivity index (χ2n) is 6.11. The molecule has 24 heavy (non-hydrogen) atoms. The Morgan fingerprint density at radius 3 is 2.67 bits per heavy atom. The second kappa shape index (κ2) is 8.94. The quantitative estimate of drug-likeness (QED) is 0.767. The molecular formula is C18H25ClN4O. The number of anilines is 1. The first-order chi connectivity index (χ1) is 11.5. The molecule has 0 aliphatic heterocycles. The molecule has 0 bridgehead atoms. The Balaban J connectivity index is 1.92. The predicted octanol–water partition coefficient (Wildman–Crippen LogP) is 4.36. The Bertz CT molecular complexity index is 663. The van der Waals surface area contributed by atoms with Crippen LogP contribution in [0.15, 0.2) is 24.3 Å². The van der Waals surface area contributed by atoms with Crippen LogP contribution in [0.5, 0.6) is 0 Å². The summed E-state index contributed by atoms with van der Waals surface area (Å²) in [7, 11) is 0. The molecule has 0 saturated carbocycles. The number of nitrogens with one attached hydrogen (secondary N) is 1. The largest absolute Gasteiger partial charge is 0.375 e. The Labute approximate surface area is 148 Å². The molecule has 2 aromatic rings. The molecule has 130 valence electrons. The highest BCUT2D eigenvalue weighted by Crippen LogP contribution is 2.14. The Morgan fingerprint density at radius 1 is 1.21 bits per heavy atom. The highest BCUT2D eigenvalue weighted by atomic mass is 35.5. The summed E-state index contributed by atoms with van der Waals surface area (Å²) < 4.78 is 5.82. The third-order valence-corrected chi connectivity index (χ3v) is 3.82. The van der Waals surface area contributed by atoms with E-state index in [1.165, 1.54) is 0 Å². The normalized spacial score (nSPS) is 12.4. The molecule has 0 amide bonds. The summed E-state index contributed by atoms with van der Waals surface area (Å²) in [6, 6.07) is 7.85. The molecule has 0 aliphatic carbocycles. The molecular weight excluding hydrogens is 324 g/mol. The van der Waals surface area contributed by atoms with Gasteiger partial charge >= 0.3 is 0 Å². The van der Waals surface area contributed by atoms with Crippen LogP contribution in [0.1, 0.15) is 50.3 Å². The summed E-state index contributed by atoms with van der Waals surface area (Å²) in [5.74, 6) is 2.42. The maximum atomic E-state index is 5.99. The molecule has 1 atom stereocenters. The van der Waals surface area contributed by atoms with Gasteiger partial charge in [-0.25, -0.2) is 4.98 Å². The maximum absolute atomic E-state index is 5.99. The average Bonchev–Trinajstić information content (AvgIpc) is 2.53. The minimum absolute atomic E-state index is 0.144. The van der Waals surface area contributed by atoms with Crippen LogP contribution in [-0.4, -0.2) is 27.6 Å². The van der Waals surface area contributed by atoms with E-state index in [0.717, 1.165) is 28.7 Å². The number of ether oxygens (including phenoxy) is 1. The van der Waals surface area contributed by atoms with Crippen molar-refractivity contribution in [2.24, 2.45) is 0 Å². The SMILES string of the molecule is CCC(COCc1cccc(Cl)c1)Nc1nc(C)nc(C(C)C)n1. The minimum Gasteiger partial charge on any atom is -0.375 e. The molecule has 0 fully saturated rings. The van der Waals surface area contributed by atoms with Gasteiger partial charge < -0.3 is 10.1 Å². The number of halogens is 1. The topological polar surface area (TPSA) is 59.9 Å². The molecule has 0 radical (unpaired) electrons. The summed E-state index contributed by atoms with van der Waals surface area (Å²) in [6.45, 7) is 9.25. The Hall–Kier alpha value is -1.72. The van der Waals surface area contributed by atoms with Crippen molar-refractivity contribution in [1.29, 1.82) is 0 Å². The van der Waals surface area contributed by atoms with E-state index in [9.17, 15) is 0 Å². The summed E-state index contributed by atoms with van der Waals surface area (Å²) in [4.78, 5) is 13.2. The van der Waals surface area contributed by atoms with Crippen molar-refractivity contribution >= 4 is 17.5 Å². The van der Waals surface area contributed by atoms with E-state index in [2.05, 4.69) is 41.0 Å². The van der Waals surface area contributed by atoms with Gasteiger partial charge in [0.2, 0.25) is 5.95 Å². The summed E-state index contributed by atoms with van der Waals surface area (Å²) >= 11 is 5.99. The molecule has 1 aromatic carbocycles. The number of aromatic nitrogens is 3. The molecule has 0 aliphatic rings. The lowest BCUT2D eigenvalue weighted by Gasteiger charge is -2.18. The first-order valence-corrected chi connectivity index (χ1v) is 8.67. The summed E-state index contributed by atoms with van der Waals surface area (Å²) in [6.07, 6.45) is 0.914. The van der Waals surface area contributed by atoms with Crippen LogP contribution in [0, 0.1) is 6.92 Å². The van der Waals surface area contributed by atoms with Crippen molar-refractivity contribution in [2.45, 2.75) is 52.7 Å². The molecule has 0 spiro atoms. The summed E-state index contributed by atoms with van der Waals surface area (Å²) in [5, 5.41) is 4.07. The molecule has 0 saturated heterocycles. The van der Waals surface area contributed by atoms with E-state index in [1.54, 1.807) is 0 Å². The maximum Gasteiger partial charge on any atom is 0.226 e. The molecule has 1 aromatic heterocycles. The van der Waals surface area contributed by atoms with Crippen LogP contribution in [0.3, 0.4) is 0 Å². The predicted molar refractivity (Wildman–Crippen MR) is 97.5 cm³/mol. The lowest BCUT2D eigenvalue weighted by molar-refractivity contribution is 0.111. The van der Waals surface area contributed by atoms with Gasteiger partial charge in [0.05, 0.1) is 19.3 Å². The van der Waals surface area contributed by atoms with Gasteiger partial charge in [-0.2, -0.15) is 9.97 Å². The van der Waals surface area contributed by atoms with Gasteiger partial charge in [-0.05, 0) is 31.0 Å². The van der Waals surface area contributed by atoms with Gasteiger partial charge in [-0.3, -0.25) is 0 Å². The number of benzene rings is 1. The fourth-order valence-corrected chi connectivity index (χ4v) is 2.43. The standard InChI is InChI=1S/C18H25ClN4O/c1-5-16(11-24-10-14-7-6-8-15(19)9-14)22-18-21-13(4)20-17(23-18)12(2)3/h6-9,12,16H,5,10-11H2,1-4H3,(H,20,21,22,23). The van der Waals surface area contributed by atoms with E-state index < -0.39 is 0 Å². The number of aryl methyl sites for hydroxylation is 1. The first kappa shape index (κ1) is 18.6. The van der Waals surface area contributed by atoms with Crippen LogP contribution in [0.4, 0.5) is 5.95 Å². The first-order valence-electron chi connectivity index (χ1n) is 8.29. The highest BCUT2D eigenvalue weighted by molar-refractivity contribution is 6.30. The van der Waals surface area contributed by atoms with Crippen LogP contribution in [-0.2, 0) is 11.3 Å². The van der Waals surface area contributed by atoms with Crippen molar-refractivity contribution in [3.63, 3.8) is 0 Å². The number of hydrogen-bond acceptors (Lipinski definition) is 5. The van der Waals surface area contributed by atoms with E-state index in [0.29, 0.717) is 19.2 Å². The van der Waals surface area contributed by atoms with Crippen molar-refractivity contribution in [3.8, 4) is 0 Å². The van der Waals surface area contributed by atoms with Crippen molar-refractivity contribution in [1.82, 2.24) is 15.0 Å². The lowest BCUT2D eigenvalue weighted by Crippen LogP contribution is -2.26. The van der Waals surface area contributed by atoms with Crippen molar-refractivity contribution in [3.05, 3.63) is 46.5 Å². The van der Waals surface area contributed by atoms with Gasteiger partial charge in [-0.15, -0.1) is 0 Å². The monoisotopic (exact) mass is 348 g/mol. The van der Waals surface area contributed by atoms with E-state index in [4.69, 9.17) is 16.3 Å². The van der Waals surface area contributed by atoms with Gasteiger partial charge in [0.1, 0.15) is 11.6 Å². The van der Waals surface area contributed by atoms with Crippen LogP contribution in [0.2, 0.25) is 5.02 Å². The van der Waals surface area contributed by atoms with E-state index >= 15 is 0 Å². The van der Waals surface area contributed by atoms with Crippen LogP contribution < -0.4 is 5.32 Å². The number of nitrogens with zero attached hydrogens (tertiary/aromatic N) is 3. The van der Waals surface area contributed by atoms with Gasteiger partial charge in [0.15, 0.2) is 0 Å². The fraction of sp³-hybridized carbons (Fsp3) is 0.500. The minimum atomic E-state index is 0.144. The zero-order chi connectivity index (χ0) is 17.5. The second-order valence-corrected chi connectivity index (χ2v) is 6.55. The van der Waals surface area contributed by atoms with Crippen molar-refractivity contribution < 1.29 is 4.74 Å². The van der Waals surface area contributed by atoms with E-state index in [1.807, 2.05) is 31.2 Å².